The minimum atomic E-state index is -0.00976. The second-order valence-electron chi connectivity index (χ2n) is 4.12. The van der Waals surface area contributed by atoms with E-state index in [1.807, 2.05) is 30.3 Å². The zero-order valence-electron chi connectivity index (χ0n) is 10.2. The summed E-state index contributed by atoms with van der Waals surface area (Å²) in [4.78, 5) is 8.04. The Hall–Kier alpha value is -2.62. The summed E-state index contributed by atoms with van der Waals surface area (Å²) in [6, 6.07) is 13.4. The van der Waals surface area contributed by atoms with E-state index in [0.717, 1.165) is 10.9 Å². The molecule has 0 amide bonds. The maximum Gasteiger partial charge on any atom is 0.221 e. The number of aromatic nitrogens is 2. The highest BCUT2D eigenvalue weighted by molar-refractivity contribution is 5.89. The van der Waals surface area contributed by atoms with E-state index in [9.17, 15) is 5.11 Å². The number of hydrogen-bond donors (Lipinski definition) is 1. The first-order valence-electron chi connectivity index (χ1n) is 5.94. The summed E-state index contributed by atoms with van der Waals surface area (Å²) in [6.07, 6.45) is 3.14. The number of hydrogen-bond acceptors (Lipinski definition) is 4. The van der Waals surface area contributed by atoms with E-state index in [4.69, 9.17) is 4.74 Å². The summed E-state index contributed by atoms with van der Waals surface area (Å²) >= 11 is 0. The van der Waals surface area contributed by atoms with Gasteiger partial charge in [0.25, 0.3) is 0 Å². The van der Waals surface area contributed by atoms with Gasteiger partial charge in [-0.05, 0) is 17.7 Å². The summed E-state index contributed by atoms with van der Waals surface area (Å²) in [5.74, 6) is 0.489. The van der Waals surface area contributed by atoms with E-state index in [1.54, 1.807) is 18.3 Å². The molecule has 0 radical (unpaired) electrons. The fourth-order valence-corrected chi connectivity index (χ4v) is 1.90. The van der Waals surface area contributed by atoms with Crippen LogP contribution >= 0.6 is 0 Å². The van der Waals surface area contributed by atoms with Crippen LogP contribution < -0.4 is 4.74 Å². The lowest BCUT2D eigenvalue weighted by Gasteiger charge is -2.08. The maximum absolute atomic E-state index is 9.69. The predicted octanol–water partition coefficient (Wildman–Crippen LogP) is 2.91. The SMILES string of the molecule is Oc1nccc2c(OCc3ccccc3)nccc12. The molecule has 0 unspecified atom stereocenters. The molecular formula is C15H12N2O2. The molecule has 3 aromatic rings. The normalized spacial score (nSPS) is 10.5. The molecule has 1 aromatic carbocycles. The Morgan fingerprint density at radius 1 is 0.895 bits per heavy atom. The average Bonchev–Trinajstić information content (AvgIpc) is 2.47. The fourth-order valence-electron chi connectivity index (χ4n) is 1.90. The standard InChI is InChI=1S/C15H12N2O2/c18-14-12-6-9-17-15(13(12)7-8-16-14)19-10-11-4-2-1-3-5-11/h1-9H,10H2,(H,16,18). The van der Waals surface area contributed by atoms with Crippen molar-refractivity contribution in [1.29, 1.82) is 0 Å². The summed E-state index contributed by atoms with van der Waals surface area (Å²) in [5.41, 5.74) is 1.07. The Labute approximate surface area is 110 Å². The van der Waals surface area contributed by atoms with Crippen molar-refractivity contribution in [3.05, 3.63) is 60.4 Å². The third kappa shape index (κ3) is 2.33. The number of benzene rings is 1. The largest absolute Gasteiger partial charge is 0.493 e. The number of rotatable bonds is 3. The van der Waals surface area contributed by atoms with Gasteiger partial charge < -0.3 is 9.84 Å². The molecule has 19 heavy (non-hydrogen) atoms. The Morgan fingerprint density at radius 3 is 2.47 bits per heavy atom. The van der Waals surface area contributed by atoms with Crippen LogP contribution in [0, 0.1) is 0 Å². The van der Waals surface area contributed by atoms with Gasteiger partial charge in [-0.25, -0.2) is 9.97 Å². The first-order chi connectivity index (χ1) is 9.34. The molecule has 3 rings (SSSR count). The van der Waals surface area contributed by atoms with Gasteiger partial charge in [0.15, 0.2) is 0 Å². The van der Waals surface area contributed by atoms with Crippen molar-refractivity contribution in [3.63, 3.8) is 0 Å². The van der Waals surface area contributed by atoms with Crippen molar-refractivity contribution in [2.45, 2.75) is 6.61 Å². The Kier molecular flexibility index (Phi) is 2.98. The van der Waals surface area contributed by atoms with Crippen molar-refractivity contribution in [1.82, 2.24) is 9.97 Å². The molecule has 0 aliphatic heterocycles. The van der Waals surface area contributed by atoms with Crippen molar-refractivity contribution in [2.24, 2.45) is 0 Å². The van der Waals surface area contributed by atoms with E-state index in [-0.39, 0.29) is 5.88 Å². The van der Waals surface area contributed by atoms with Crippen LogP contribution in [0.5, 0.6) is 11.8 Å². The number of pyridine rings is 2. The molecular weight excluding hydrogens is 240 g/mol. The molecule has 0 bridgehead atoms. The second kappa shape index (κ2) is 4.94. The molecule has 1 N–H and O–H groups in total. The zero-order valence-corrected chi connectivity index (χ0v) is 10.2. The molecule has 4 heteroatoms. The highest BCUT2D eigenvalue weighted by Gasteiger charge is 2.07. The molecule has 94 valence electrons. The molecule has 0 saturated heterocycles. The molecule has 0 aliphatic rings. The van der Waals surface area contributed by atoms with Crippen molar-refractivity contribution in [3.8, 4) is 11.8 Å². The molecule has 0 atom stereocenters. The van der Waals surface area contributed by atoms with Gasteiger partial charge in [0.05, 0.1) is 10.8 Å². The molecule has 2 heterocycles. The lowest BCUT2D eigenvalue weighted by molar-refractivity contribution is 0.298. The lowest BCUT2D eigenvalue weighted by Crippen LogP contribution is -1.97. The highest BCUT2D eigenvalue weighted by Crippen LogP contribution is 2.28. The minimum absolute atomic E-state index is 0.00976. The van der Waals surface area contributed by atoms with Crippen LogP contribution in [-0.4, -0.2) is 15.1 Å². The second-order valence-corrected chi connectivity index (χ2v) is 4.12. The van der Waals surface area contributed by atoms with E-state index >= 15 is 0 Å². The Balaban J connectivity index is 1.91. The van der Waals surface area contributed by atoms with Gasteiger partial charge in [-0.1, -0.05) is 30.3 Å². The molecule has 0 spiro atoms. The Bertz CT molecular complexity index is 699. The molecule has 4 nitrogen and oxygen atoms in total. The summed E-state index contributed by atoms with van der Waals surface area (Å²) in [5, 5.41) is 11.1. The monoisotopic (exact) mass is 252 g/mol. The van der Waals surface area contributed by atoms with Crippen molar-refractivity contribution >= 4 is 10.8 Å². The average molecular weight is 252 g/mol. The quantitative estimate of drug-likeness (QED) is 0.778. The van der Waals surface area contributed by atoms with Crippen LogP contribution in [0.3, 0.4) is 0 Å². The van der Waals surface area contributed by atoms with Gasteiger partial charge in [0, 0.05) is 12.4 Å². The third-order valence-electron chi connectivity index (χ3n) is 2.85. The van der Waals surface area contributed by atoms with Gasteiger partial charge in [-0.15, -0.1) is 0 Å². The highest BCUT2D eigenvalue weighted by atomic mass is 16.5. The van der Waals surface area contributed by atoms with E-state index in [2.05, 4.69) is 9.97 Å². The molecule has 2 aromatic heterocycles. The van der Waals surface area contributed by atoms with E-state index in [0.29, 0.717) is 17.9 Å². The van der Waals surface area contributed by atoms with Gasteiger partial charge in [0.1, 0.15) is 6.61 Å². The van der Waals surface area contributed by atoms with E-state index in [1.165, 1.54) is 6.20 Å². The molecule has 0 fully saturated rings. The van der Waals surface area contributed by atoms with Gasteiger partial charge in [-0.3, -0.25) is 0 Å². The number of ether oxygens (including phenoxy) is 1. The van der Waals surface area contributed by atoms with Gasteiger partial charge in [-0.2, -0.15) is 0 Å². The van der Waals surface area contributed by atoms with Crippen LogP contribution in [0.4, 0.5) is 0 Å². The van der Waals surface area contributed by atoms with Crippen LogP contribution in [0.15, 0.2) is 54.9 Å². The summed E-state index contributed by atoms with van der Waals surface area (Å²) in [6.45, 7) is 0.441. The molecule has 0 saturated carbocycles. The van der Waals surface area contributed by atoms with Crippen LogP contribution in [-0.2, 0) is 6.61 Å². The lowest BCUT2D eigenvalue weighted by atomic mass is 10.2. The maximum atomic E-state index is 9.69. The summed E-state index contributed by atoms with van der Waals surface area (Å²) < 4.78 is 5.71. The number of aromatic hydroxyl groups is 1. The topological polar surface area (TPSA) is 55.2 Å². The van der Waals surface area contributed by atoms with Crippen LogP contribution in [0.25, 0.3) is 10.8 Å². The zero-order chi connectivity index (χ0) is 13.1. The number of nitrogens with zero attached hydrogens (tertiary/aromatic N) is 2. The smallest absolute Gasteiger partial charge is 0.221 e. The Morgan fingerprint density at radius 2 is 1.63 bits per heavy atom. The van der Waals surface area contributed by atoms with Crippen molar-refractivity contribution < 1.29 is 9.84 Å². The first-order valence-corrected chi connectivity index (χ1v) is 5.94. The minimum Gasteiger partial charge on any atom is -0.493 e. The third-order valence-corrected chi connectivity index (χ3v) is 2.85. The van der Waals surface area contributed by atoms with Crippen LogP contribution in [0.2, 0.25) is 0 Å². The predicted molar refractivity (Wildman–Crippen MR) is 72.0 cm³/mol. The van der Waals surface area contributed by atoms with Gasteiger partial charge >= 0.3 is 0 Å². The summed E-state index contributed by atoms with van der Waals surface area (Å²) in [7, 11) is 0. The fraction of sp³-hybridized carbons (Fsp3) is 0.0667. The van der Waals surface area contributed by atoms with E-state index < -0.39 is 0 Å². The van der Waals surface area contributed by atoms with Crippen LogP contribution in [0.1, 0.15) is 5.56 Å². The number of fused-ring (bicyclic) bond motifs is 1. The van der Waals surface area contributed by atoms with Gasteiger partial charge in [0.2, 0.25) is 11.8 Å². The first kappa shape index (κ1) is 11.5. The van der Waals surface area contributed by atoms with Crippen molar-refractivity contribution in [2.75, 3.05) is 0 Å². The molecule has 0 aliphatic carbocycles.